The number of H-pyrrole nitrogens is 1. The van der Waals surface area contributed by atoms with Gasteiger partial charge in [0, 0.05) is 11.6 Å². The first-order chi connectivity index (χ1) is 13.7. The minimum atomic E-state index is -4.77. The Morgan fingerprint density at radius 1 is 0.967 bits per heavy atom. The number of nitrogens with one attached hydrogen (secondary N) is 3. The average molecular weight is 434 g/mol. The highest BCUT2D eigenvalue weighted by atomic mass is 19.4. The first-order valence-electron chi connectivity index (χ1n) is 8.30. The standard InChI is InChI=1S/C18H16F6N4O2/c1-16(2,18(22,23)24)28-15(26-12-4-3-5-13(29)25-12)27-14(30)10-6-8-11(9-7-10)17(19,20)21/h3-9H,1-2H3,(H3,25,26,27,28,29,30). The van der Waals surface area contributed by atoms with E-state index in [1.54, 1.807) is 0 Å². The third-order valence-electron chi connectivity index (χ3n) is 3.81. The summed E-state index contributed by atoms with van der Waals surface area (Å²) in [5.74, 6) is -1.73. The van der Waals surface area contributed by atoms with Gasteiger partial charge < -0.3 is 10.3 Å². The summed E-state index contributed by atoms with van der Waals surface area (Å²) in [6.07, 6.45) is -9.39. The molecule has 0 radical (unpaired) electrons. The van der Waals surface area contributed by atoms with Crippen LogP contribution in [0.25, 0.3) is 0 Å². The molecule has 0 aliphatic rings. The van der Waals surface area contributed by atoms with Gasteiger partial charge in [-0.15, -0.1) is 0 Å². The van der Waals surface area contributed by atoms with Gasteiger partial charge in [-0.1, -0.05) is 6.07 Å². The molecule has 0 saturated carbocycles. The number of halogens is 6. The smallest absolute Gasteiger partial charge is 0.312 e. The quantitative estimate of drug-likeness (QED) is 0.389. The lowest BCUT2D eigenvalue weighted by atomic mass is 10.1. The van der Waals surface area contributed by atoms with E-state index in [0.29, 0.717) is 12.1 Å². The summed E-state index contributed by atoms with van der Waals surface area (Å²) in [6.45, 7) is 1.51. The predicted molar refractivity (Wildman–Crippen MR) is 97.2 cm³/mol. The molecule has 1 amide bonds. The number of aromatic nitrogens is 1. The minimum Gasteiger partial charge on any atom is -0.312 e. The molecule has 1 heterocycles. The number of aromatic amines is 1. The number of nitrogens with zero attached hydrogens (tertiary/aromatic N) is 1. The maximum atomic E-state index is 13.2. The fourth-order valence-corrected chi connectivity index (χ4v) is 2.07. The monoisotopic (exact) mass is 434 g/mol. The molecule has 2 rings (SSSR count). The lowest BCUT2D eigenvalue weighted by molar-refractivity contribution is -0.174. The molecule has 0 fully saturated rings. The summed E-state index contributed by atoms with van der Waals surface area (Å²) >= 11 is 0. The lowest BCUT2D eigenvalue weighted by Crippen LogP contribution is -2.44. The highest BCUT2D eigenvalue weighted by Crippen LogP contribution is 2.33. The van der Waals surface area contributed by atoms with Gasteiger partial charge in [-0.2, -0.15) is 26.3 Å². The number of amides is 1. The molecule has 0 saturated heterocycles. The summed E-state index contributed by atoms with van der Waals surface area (Å²) in [5, 5.41) is 4.45. The zero-order chi connectivity index (χ0) is 22.7. The molecule has 162 valence electrons. The number of rotatable bonds is 3. The van der Waals surface area contributed by atoms with Gasteiger partial charge in [0.2, 0.25) is 11.5 Å². The Morgan fingerprint density at radius 3 is 2.07 bits per heavy atom. The van der Waals surface area contributed by atoms with Crippen LogP contribution in [-0.2, 0) is 6.18 Å². The molecule has 0 atom stereocenters. The highest BCUT2D eigenvalue weighted by molar-refractivity contribution is 6.09. The molecule has 6 nitrogen and oxygen atoms in total. The normalized spacial score (nSPS) is 13.1. The molecular formula is C18H16F6N4O2. The summed E-state index contributed by atoms with van der Waals surface area (Å²) in [6, 6.07) is 6.83. The minimum absolute atomic E-state index is 0.0630. The molecular weight excluding hydrogens is 418 g/mol. The first kappa shape index (κ1) is 23.0. The fourth-order valence-electron chi connectivity index (χ4n) is 2.07. The molecule has 0 spiro atoms. The van der Waals surface area contributed by atoms with E-state index in [1.807, 2.05) is 0 Å². The second-order valence-electron chi connectivity index (χ2n) is 6.60. The maximum absolute atomic E-state index is 13.2. The van der Waals surface area contributed by atoms with Gasteiger partial charge in [-0.3, -0.25) is 14.9 Å². The van der Waals surface area contributed by atoms with Crippen LogP contribution in [0, 0.1) is 0 Å². The van der Waals surface area contributed by atoms with Crippen LogP contribution in [0.5, 0.6) is 0 Å². The van der Waals surface area contributed by atoms with Crippen LogP contribution in [0.1, 0.15) is 29.8 Å². The second kappa shape index (κ2) is 8.20. The van der Waals surface area contributed by atoms with Crippen LogP contribution < -0.4 is 16.2 Å². The van der Waals surface area contributed by atoms with E-state index in [9.17, 15) is 35.9 Å². The van der Waals surface area contributed by atoms with E-state index in [4.69, 9.17) is 0 Å². The topological polar surface area (TPSA) is 86.3 Å². The predicted octanol–water partition coefficient (Wildman–Crippen LogP) is 3.93. The molecule has 0 bridgehead atoms. The third-order valence-corrected chi connectivity index (χ3v) is 3.81. The Morgan fingerprint density at radius 2 is 1.57 bits per heavy atom. The van der Waals surface area contributed by atoms with E-state index < -0.39 is 40.9 Å². The van der Waals surface area contributed by atoms with Crippen molar-refractivity contribution in [2.45, 2.75) is 31.7 Å². The van der Waals surface area contributed by atoms with Crippen LogP contribution in [0.2, 0.25) is 0 Å². The number of guanidine groups is 1. The Bertz CT molecular complexity index is 991. The van der Waals surface area contributed by atoms with E-state index in [-0.39, 0.29) is 11.4 Å². The van der Waals surface area contributed by atoms with Crippen molar-refractivity contribution in [1.82, 2.24) is 10.3 Å². The van der Waals surface area contributed by atoms with Crippen molar-refractivity contribution in [1.29, 1.82) is 0 Å². The van der Waals surface area contributed by atoms with E-state index in [0.717, 1.165) is 32.0 Å². The molecule has 0 aliphatic carbocycles. The van der Waals surface area contributed by atoms with E-state index >= 15 is 0 Å². The van der Waals surface area contributed by atoms with Gasteiger partial charge in [0.1, 0.15) is 5.82 Å². The zero-order valence-corrected chi connectivity index (χ0v) is 15.6. The average Bonchev–Trinajstić information content (AvgIpc) is 2.59. The van der Waals surface area contributed by atoms with Gasteiger partial charge in [-0.25, -0.2) is 4.99 Å². The Kier molecular flexibility index (Phi) is 6.28. The van der Waals surface area contributed by atoms with Gasteiger partial charge in [-0.05, 0) is 44.2 Å². The van der Waals surface area contributed by atoms with Crippen LogP contribution in [0.4, 0.5) is 32.2 Å². The van der Waals surface area contributed by atoms with E-state index in [2.05, 4.69) is 20.6 Å². The van der Waals surface area contributed by atoms with Crippen molar-refractivity contribution < 1.29 is 31.1 Å². The van der Waals surface area contributed by atoms with Crippen LogP contribution in [0.15, 0.2) is 52.3 Å². The SMILES string of the molecule is CC(C)(N=C(NC(=O)c1ccc(C(F)(F)F)cc1)Nc1cccc(=O)[nH]1)C(F)(F)F. The van der Waals surface area contributed by atoms with Crippen molar-refractivity contribution in [3.63, 3.8) is 0 Å². The van der Waals surface area contributed by atoms with Crippen LogP contribution in [-0.4, -0.2) is 28.6 Å². The molecule has 1 aromatic heterocycles. The third kappa shape index (κ3) is 5.84. The Balaban J connectivity index is 2.34. The largest absolute Gasteiger partial charge is 0.416 e. The summed E-state index contributed by atoms with van der Waals surface area (Å²) < 4.78 is 77.5. The molecule has 0 aliphatic heterocycles. The van der Waals surface area contributed by atoms with Crippen molar-refractivity contribution in [2.75, 3.05) is 5.32 Å². The molecule has 2 aromatic rings. The molecule has 3 N–H and O–H groups in total. The van der Waals surface area contributed by atoms with Crippen LogP contribution in [0.3, 0.4) is 0 Å². The van der Waals surface area contributed by atoms with Gasteiger partial charge >= 0.3 is 12.4 Å². The van der Waals surface area contributed by atoms with Crippen LogP contribution >= 0.6 is 0 Å². The first-order valence-corrected chi connectivity index (χ1v) is 8.30. The van der Waals surface area contributed by atoms with E-state index in [1.165, 1.54) is 12.1 Å². The fraction of sp³-hybridized carbons (Fsp3) is 0.278. The number of carbonyl (C=O) groups excluding carboxylic acids is 1. The number of carbonyl (C=O) groups is 1. The zero-order valence-electron chi connectivity index (χ0n) is 15.6. The lowest BCUT2D eigenvalue weighted by Gasteiger charge is -2.25. The summed E-state index contributed by atoms with van der Waals surface area (Å²) in [5.41, 5.74) is -4.43. The number of benzene rings is 1. The maximum Gasteiger partial charge on any atom is 0.416 e. The number of alkyl halides is 6. The molecule has 12 heteroatoms. The van der Waals surface area contributed by atoms with Gasteiger partial charge in [0.05, 0.1) is 5.56 Å². The summed E-state index contributed by atoms with van der Waals surface area (Å²) in [4.78, 5) is 29.5. The number of hydrogen-bond donors (Lipinski definition) is 3. The Labute approximate surface area is 166 Å². The molecule has 30 heavy (non-hydrogen) atoms. The van der Waals surface area contributed by atoms with Gasteiger partial charge in [0.15, 0.2) is 5.54 Å². The molecule has 0 unspecified atom stereocenters. The number of pyridine rings is 1. The van der Waals surface area contributed by atoms with Crippen molar-refractivity contribution in [3.05, 3.63) is 63.9 Å². The van der Waals surface area contributed by atoms with Crippen molar-refractivity contribution in [2.24, 2.45) is 4.99 Å². The summed E-state index contributed by atoms with van der Waals surface area (Å²) in [7, 11) is 0. The Hall–Kier alpha value is -3.31. The second-order valence-corrected chi connectivity index (χ2v) is 6.60. The van der Waals surface area contributed by atoms with Gasteiger partial charge in [0.25, 0.3) is 5.91 Å². The molecule has 1 aromatic carbocycles. The number of hydrogen-bond acceptors (Lipinski definition) is 3. The number of anilines is 1. The van der Waals surface area contributed by atoms with Crippen molar-refractivity contribution >= 4 is 17.7 Å². The van der Waals surface area contributed by atoms with Crippen molar-refractivity contribution in [3.8, 4) is 0 Å². The highest BCUT2D eigenvalue weighted by Gasteiger charge is 2.48. The number of aliphatic imine (C=N–C) groups is 1.